The first-order chi connectivity index (χ1) is 13.2. The lowest BCUT2D eigenvalue weighted by molar-refractivity contribution is -0.130. The zero-order valence-corrected chi connectivity index (χ0v) is 14.7. The number of benzene rings is 3. The van der Waals surface area contributed by atoms with Crippen LogP contribution < -0.4 is 9.47 Å². The first kappa shape index (κ1) is 18.3. The predicted octanol–water partition coefficient (Wildman–Crippen LogP) is 4.77. The van der Waals surface area contributed by atoms with E-state index < -0.39 is 5.97 Å². The zero-order valence-electron chi connectivity index (χ0n) is 14.7. The smallest absolute Gasteiger partial charge is 0.336 e. The molecule has 0 unspecified atom stereocenters. The molecule has 27 heavy (non-hydrogen) atoms. The van der Waals surface area contributed by atoms with Crippen molar-refractivity contribution in [2.45, 2.75) is 0 Å². The van der Waals surface area contributed by atoms with Gasteiger partial charge >= 0.3 is 5.97 Å². The second-order valence-electron chi connectivity index (χ2n) is 5.78. The first-order valence-corrected chi connectivity index (χ1v) is 8.64. The van der Waals surface area contributed by atoms with Crippen LogP contribution in [-0.2, 0) is 4.79 Å². The number of ether oxygens (including phenoxy) is 2. The minimum Gasteiger partial charge on any atom is -0.490 e. The Kier molecular flexibility index (Phi) is 6.26. The van der Waals surface area contributed by atoms with E-state index in [4.69, 9.17) is 9.47 Å². The molecule has 0 aliphatic rings. The number of hydrogen-bond donors (Lipinski definition) is 1. The summed E-state index contributed by atoms with van der Waals surface area (Å²) >= 11 is 0. The van der Waals surface area contributed by atoms with E-state index >= 15 is 0 Å². The largest absolute Gasteiger partial charge is 0.490 e. The molecule has 0 heterocycles. The van der Waals surface area contributed by atoms with Gasteiger partial charge in [-0.3, -0.25) is 0 Å². The molecule has 0 aliphatic heterocycles. The van der Waals surface area contributed by atoms with E-state index in [1.165, 1.54) is 0 Å². The summed E-state index contributed by atoms with van der Waals surface area (Å²) in [6.07, 6.45) is 1.63. The SMILES string of the molecule is O=C(O)/C(=C\c1ccccc1OCCOc1ccccc1)c1ccccc1. The Hall–Kier alpha value is -3.53. The van der Waals surface area contributed by atoms with Crippen LogP contribution in [0.3, 0.4) is 0 Å². The van der Waals surface area contributed by atoms with Crippen molar-refractivity contribution in [3.63, 3.8) is 0 Å². The summed E-state index contributed by atoms with van der Waals surface area (Å²) < 4.78 is 11.4. The molecular weight excluding hydrogens is 340 g/mol. The summed E-state index contributed by atoms with van der Waals surface area (Å²) in [5.41, 5.74) is 1.57. The summed E-state index contributed by atoms with van der Waals surface area (Å²) in [6.45, 7) is 0.750. The van der Waals surface area contributed by atoms with Gasteiger partial charge in [0.25, 0.3) is 0 Å². The molecule has 3 aromatic rings. The molecule has 4 heteroatoms. The number of aliphatic carboxylic acids is 1. The van der Waals surface area contributed by atoms with Gasteiger partial charge in [0, 0.05) is 5.56 Å². The number of rotatable bonds is 8. The van der Waals surface area contributed by atoms with Gasteiger partial charge in [-0.1, -0.05) is 66.7 Å². The van der Waals surface area contributed by atoms with E-state index in [2.05, 4.69) is 0 Å². The van der Waals surface area contributed by atoms with Crippen molar-refractivity contribution in [2.75, 3.05) is 13.2 Å². The van der Waals surface area contributed by atoms with E-state index in [1.54, 1.807) is 18.2 Å². The van der Waals surface area contributed by atoms with Gasteiger partial charge in [0.05, 0.1) is 5.57 Å². The fourth-order valence-corrected chi connectivity index (χ4v) is 2.60. The molecule has 0 radical (unpaired) electrons. The Labute approximate surface area is 158 Å². The number of carboxylic acid groups (broad SMARTS) is 1. The van der Waals surface area contributed by atoms with Gasteiger partial charge in [0.2, 0.25) is 0 Å². The van der Waals surface area contributed by atoms with Crippen LogP contribution in [0.2, 0.25) is 0 Å². The van der Waals surface area contributed by atoms with E-state index in [0.29, 0.717) is 30.1 Å². The van der Waals surface area contributed by atoms with Gasteiger partial charge in [-0.25, -0.2) is 4.79 Å². The Morgan fingerprint density at radius 1 is 0.778 bits per heavy atom. The number of hydrogen-bond acceptors (Lipinski definition) is 3. The van der Waals surface area contributed by atoms with Crippen molar-refractivity contribution in [1.82, 2.24) is 0 Å². The molecule has 0 aliphatic carbocycles. The Morgan fingerprint density at radius 2 is 1.37 bits per heavy atom. The van der Waals surface area contributed by atoms with Crippen molar-refractivity contribution < 1.29 is 19.4 Å². The normalized spacial score (nSPS) is 11.0. The van der Waals surface area contributed by atoms with Crippen LogP contribution in [0.15, 0.2) is 84.9 Å². The van der Waals surface area contributed by atoms with Crippen LogP contribution in [-0.4, -0.2) is 24.3 Å². The van der Waals surface area contributed by atoms with Crippen LogP contribution in [0.1, 0.15) is 11.1 Å². The van der Waals surface area contributed by atoms with Crippen molar-refractivity contribution >= 4 is 17.6 Å². The topological polar surface area (TPSA) is 55.8 Å². The van der Waals surface area contributed by atoms with E-state index in [-0.39, 0.29) is 5.57 Å². The van der Waals surface area contributed by atoms with Crippen LogP contribution in [0.4, 0.5) is 0 Å². The molecule has 1 N–H and O–H groups in total. The lowest BCUT2D eigenvalue weighted by atomic mass is 10.0. The molecule has 4 nitrogen and oxygen atoms in total. The Morgan fingerprint density at radius 3 is 2.07 bits per heavy atom. The standard InChI is InChI=1S/C23H20O4/c24-23(25)21(18-9-3-1-4-10-18)17-19-11-7-8-14-22(19)27-16-15-26-20-12-5-2-6-13-20/h1-14,17H,15-16H2,(H,24,25)/b21-17-. The van der Waals surface area contributed by atoms with E-state index in [1.807, 2.05) is 72.8 Å². The van der Waals surface area contributed by atoms with Gasteiger partial charge in [-0.2, -0.15) is 0 Å². The fraction of sp³-hybridized carbons (Fsp3) is 0.0870. The third-order valence-electron chi connectivity index (χ3n) is 3.89. The van der Waals surface area contributed by atoms with Gasteiger partial charge in [-0.05, 0) is 29.8 Å². The maximum atomic E-state index is 11.7. The number of para-hydroxylation sites is 2. The van der Waals surface area contributed by atoms with Crippen LogP contribution in [0, 0.1) is 0 Å². The molecule has 3 aromatic carbocycles. The summed E-state index contributed by atoms with van der Waals surface area (Å²) in [5, 5.41) is 9.59. The molecule has 0 saturated carbocycles. The highest BCUT2D eigenvalue weighted by Gasteiger charge is 2.11. The highest BCUT2D eigenvalue weighted by molar-refractivity contribution is 6.20. The molecule has 3 rings (SSSR count). The van der Waals surface area contributed by atoms with Gasteiger partial charge in [-0.15, -0.1) is 0 Å². The second-order valence-corrected chi connectivity index (χ2v) is 5.78. The third-order valence-corrected chi connectivity index (χ3v) is 3.89. The quantitative estimate of drug-likeness (QED) is 0.357. The average molecular weight is 360 g/mol. The van der Waals surface area contributed by atoms with Crippen LogP contribution >= 0.6 is 0 Å². The summed E-state index contributed by atoms with van der Waals surface area (Å²) in [4.78, 5) is 11.7. The van der Waals surface area contributed by atoms with Crippen molar-refractivity contribution in [2.24, 2.45) is 0 Å². The highest BCUT2D eigenvalue weighted by Crippen LogP contribution is 2.25. The zero-order chi connectivity index (χ0) is 18.9. The monoisotopic (exact) mass is 360 g/mol. The van der Waals surface area contributed by atoms with Crippen LogP contribution in [0.25, 0.3) is 11.6 Å². The maximum Gasteiger partial charge on any atom is 0.336 e. The lowest BCUT2D eigenvalue weighted by Gasteiger charge is -2.11. The van der Waals surface area contributed by atoms with Crippen molar-refractivity contribution in [3.8, 4) is 11.5 Å². The Balaban J connectivity index is 1.72. The van der Waals surface area contributed by atoms with Crippen molar-refractivity contribution in [3.05, 3.63) is 96.1 Å². The third kappa shape index (κ3) is 5.22. The second kappa shape index (κ2) is 9.25. The molecule has 0 fully saturated rings. The fourth-order valence-electron chi connectivity index (χ4n) is 2.60. The molecule has 0 atom stereocenters. The first-order valence-electron chi connectivity index (χ1n) is 8.64. The minimum absolute atomic E-state index is 0.215. The van der Waals surface area contributed by atoms with E-state index in [9.17, 15) is 9.90 Å². The van der Waals surface area contributed by atoms with E-state index in [0.717, 1.165) is 5.75 Å². The van der Waals surface area contributed by atoms with Gasteiger partial charge in [0.1, 0.15) is 24.7 Å². The summed E-state index contributed by atoms with van der Waals surface area (Å²) in [5.74, 6) is 0.416. The summed E-state index contributed by atoms with van der Waals surface area (Å²) in [7, 11) is 0. The molecule has 136 valence electrons. The highest BCUT2D eigenvalue weighted by atomic mass is 16.5. The van der Waals surface area contributed by atoms with Gasteiger partial charge in [0.15, 0.2) is 0 Å². The summed E-state index contributed by atoms with van der Waals surface area (Å²) in [6, 6.07) is 25.9. The lowest BCUT2D eigenvalue weighted by Crippen LogP contribution is -2.09. The van der Waals surface area contributed by atoms with Gasteiger partial charge < -0.3 is 14.6 Å². The average Bonchev–Trinajstić information content (AvgIpc) is 2.71. The van der Waals surface area contributed by atoms with Crippen LogP contribution in [0.5, 0.6) is 11.5 Å². The number of carboxylic acids is 1. The molecule has 0 bridgehead atoms. The maximum absolute atomic E-state index is 11.7. The molecule has 0 amide bonds. The molecule has 0 saturated heterocycles. The predicted molar refractivity (Wildman–Crippen MR) is 106 cm³/mol. The minimum atomic E-state index is -0.983. The molecule has 0 aromatic heterocycles. The van der Waals surface area contributed by atoms with Crippen molar-refractivity contribution in [1.29, 1.82) is 0 Å². The molecule has 0 spiro atoms. The number of carbonyl (C=O) groups is 1. The molecular formula is C23H20O4. The Bertz CT molecular complexity index is 902.